The van der Waals surface area contributed by atoms with Crippen LogP contribution in [0.3, 0.4) is 0 Å². The van der Waals surface area contributed by atoms with Crippen LogP contribution in [0, 0.1) is 0 Å². The first-order chi connectivity index (χ1) is 11.8. The topological polar surface area (TPSA) is 51.1 Å². The molecule has 0 radical (unpaired) electrons. The summed E-state index contributed by atoms with van der Waals surface area (Å²) in [6.07, 6.45) is 4.04. The van der Waals surface area contributed by atoms with Gasteiger partial charge in [0.05, 0.1) is 13.2 Å². The number of aromatic nitrogens is 3. The van der Waals surface area contributed by atoms with Gasteiger partial charge in [0.15, 0.2) is 10.6 Å². The number of nitrogens with zero attached hydrogens (tertiary/aromatic N) is 4. The fourth-order valence-electron chi connectivity index (χ4n) is 2.60. The van der Waals surface area contributed by atoms with Gasteiger partial charge in [0, 0.05) is 13.1 Å². The van der Waals surface area contributed by atoms with Crippen molar-refractivity contribution < 1.29 is 4.74 Å². The number of benzene rings is 1. The Labute approximate surface area is 148 Å². The van der Waals surface area contributed by atoms with Crippen LogP contribution in [0.4, 0.5) is 5.82 Å². The van der Waals surface area contributed by atoms with E-state index >= 15 is 0 Å². The summed E-state index contributed by atoms with van der Waals surface area (Å²) >= 11 is 7.62. The van der Waals surface area contributed by atoms with Crippen LogP contribution in [-0.4, -0.2) is 41.3 Å². The molecule has 0 aliphatic carbocycles. The van der Waals surface area contributed by atoms with Gasteiger partial charge in [-0.3, -0.25) is 0 Å². The highest BCUT2D eigenvalue weighted by atomic mass is 35.5. The van der Waals surface area contributed by atoms with Crippen molar-refractivity contribution >= 4 is 51.3 Å². The molecule has 2 aromatic heterocycles. The van der Waals surface area contributed by atoms with Gasteiger partial charge in [-0.25, -0.2) is 9.97 Å². The molecule has 122 valence electrons. The standard InChI is InChI=1S/C17H15ClN4OS/c18-17-20-15(22-8-10-23-11-9-22)14-16(21-17)24-13(19-14)7-6-12-4-2-1-3-5-12/h1-7H,8-11H2/b7-6+. The first-order valence-electron chi connectivity index (χ1n) is 7.69. The van der Waals surface area contributed by atoms with Crippen LogP contribution in [0.2, 0.25) is 5.28 Å². The van der Waals surface area contributed by atoms with E-state index in [-0.39, 0.29) is 5.28 Å². The lowest BCUT2D eigenvalue weighted by Gasteiger charge is -2.27. The fraction of sp³-hybridized carbons (Fsp3) is 0.235. The summed E-state index contributed by atoms with van der Waals surface area (Å²) in [5, 5.41) is 1.14. The quantitative estimate of drug-likeness (QED) is 0.667. The molecule has 0 amide bonds. The van der Waals surface area contributed by atoms with Crippen LogP contribution in [0.1, 0.15) is 10.6 Å². The summed E-state index contributed by atoms with van der Waals surface area (Å²) in [5.74, 6) is 0.795. The lowest BCUT2D eigenvalue weighted by molar-refractivity contribution is 0.122. The van der Waals surface area contributed by atoms with E-state index < -0.39 is 0 Å². The maximum absolute atomic E-state index is 6.11. The maximum atomic E-state index is 6.11. The average Bonchev–Trinajstić information content (AvgIpc) is 3.03. The van der Waals surface area contributed by atoms with E-state index in [0.29, 0.717) is 13.2 Å². The van der Waals surface area contributed by atoms with E-state index in [1.54, 1.807) is 0 Å². The Morgan fingerprint density at radius 3 is 2.62 bits per heavy atom. The average molecular weight is 359 g/mol. The normalized spacial score (nSPS) is 15.5. The van der Waals surface area contributed by atoms with Crippen molar-refractivity contribution in [2.75, 3.05) is 31.2 Å². The van der Waals surface area contributed by atoms with Crippen LogP contribution < -0.4 is 4.90 Å². The van der Waals surface area contributed by atoms with Crippen molar-refractivity contribution in [1.29, 1.82) is 0 Å². The zero-order chi connectivity index (χ0) is 16.4. The highest BCUT2D eigenvalue weighted by Crippen LogP contribution is 2.30. The van der Waals surface area contributed by atoms with Gasteiger partial charge in [-0.1, -0.05) is 47.7 Å². The number of hydrogen-bond acceptors (Lipinski definition) is 6. The van der Waals surface area contributed by atoms with Crippen molar-refractivity contribution in [3.05, 3.63) is 46.2 Å². The lowest BCUT2D eigenvalue weighted by atomic mass is 10.2. The minimum Gasteiger partial charge on any atom is -0.378 e. The third-order valence-electron chi connectivity index (χ3n) is 3.76. The Morgan fingerprint density at radius 1 is 1.04 bits per heavy atom. The van der Waals surface area contributed by atoms with Crippen molar-refractivity contribution in [1.82, 2.24) is 15.0 Å². The second kappa shape index (κ2) is 6.84. The molecule has 0 atom stereocenters. The molecule has 1 saturated heterocycles. The van der Waals surface area contributed by atoms with E-state index in [2.05, 4.69) is 27.0 Å². The highest BCUT2D eigenvalue weighted by Gasteiger charge is 2.19. The van der Waals surface area contributed by atoms with Gasteiger partial charge in [-0.05, 0) is 23.2 Å². The summed E-state index contributed by atoms with van der Waals surface area (Å²) in [6, 6.07) is 10.1. The molecule has 7 heteroatoms. The molecular formula is C17H15ClN4OS. The molecule has 4 rings (SSSR count). The van der Waals surface area contributed by atoms with Crippen molar-refractivity contribution in [2.24, 2.45) is 0 Å². The van der Waals surface area contributed by atoms with Gasteiger partial charge >= 0.3 is 0 Å². The first-order valence-corrected chi connectivity index (χ1v) is 8.89. The minimum absolute atomic E-state index is 0.256. The van der Waals surface area contributed by atoms with Crippen LogP contribution in [0.5, 0.6) is 0 Å². The molecule has 0 N–H and O–H groups in total. The van der Waals surface area contributed by atoms with Crippen molar-refractivity contribution in [3.8, 4) is 0 Å². The molecule has 0 unspecified atom stereocenters. The van der Waals surface area contributed by atoms with Crippen LogP contribution >= 0.6 is 22.9 Å². The molecule has 1 aromatic carbocycles. The molecule has 0 bridgehead atoms. The number of morpholine rings is 1. The number of rotatable bonds is 3. The van der Waals surface area contributed by atoms with Crippen LogP contribution in [0.25, 0.3) is 22.5 Å². The molecule has 24 heavy (non-hydrogen) atoms. The summed E-state index contributed by atoms with van der Waals surface area (Å²) in [5.41, 5.74) is 1.94. The number of anilines is 1. The third-order valence-corrected chi connectivity index (χ3v) is 4.84. The molecular weight excluding hydrogens is 344 g/mol. The van der Waals surface area contributed by atoms with Gasteiger partial charge in [0.2, 0.25) is 5.28 Å². The maximum Gasteiger partial charge on any atom is 0.225 e. The number of hydrogen-bond donors (Lipinski definition) is 0. The summed E-state index contributed by atoms with van der Waals surface area (Å²) in [7, 11) is 0. The molecule has 0 spiro atoms. The van der Waals surface area contributed by atoms with E-state index in [9.17, 15) is 0 Å². The summed E-state index contributed by atoms with van der Waals surface area (Å²) < 4.78 is 5.41. The predicted molar refractivity (Wildman–Crippen MR) is 98.6 cm³/mol. The molecule has 1 fully saturated rings. The number of fused-ring (bicyclic) bond motifs is 1. The molecule has 3 heterocycles. The van der Waals surface area contributed by atoms with Gasteiger partial charge in [0.1, 0.15) is 10.5 Å². The Balaban J connectivity index is 1.70. The SMILES string of the molecule is Clc1nc(N2CCOCC2)c2nc(/C=C/c3ccccc3)sc2n1. The van der Waals surface area contributed by atoms with E-state index in [4.69, 9.17) is 21.3 Å². The van der Waals surface area contributed by atoms with Gasteiger partial charge in [-0.2, -0.15) is 4.98 Å². The minimum atomic E-state index is 0.256. The molecule has 3 aromatic rings. The second-order valence-corrected chi connectivity index (χ2v) is 6.71. The summed E-state index contributed by atoms with van der Waals surface area (Å²) in [6.45, 7) is 2.95. The third kappa shape index (κ3) is 3.26. The Morgan fingerprint density at radius 2 is 1.83 bits per heavy atom. The van der Waals surface area contributed by atoms with Crippen molar-refractivity contribution in [2.45, 2.75) is 0 Å². The van der Waals surface area contributed by atoms with Gasteiger partial charge < -0.3 is 9.64 Å². The van der Waals surface area contributed by atoms with E-state index in [0.717, 1.165) is 39.8 Å². The van der Waals surface area contributed by atoms with E-state index in [1.807, 2.05) is 30.4 Å². The Kier molecular flexibility index (Phi) is 4.42. The number of thiazole rings is 1. The molecule has 0 saturated carbocycles. The molecule has 1 aliphatic heterocycles. The fourth-order valence-corrected chi connectivity index (χ4v) is 3.65. The molecule has 5 nitrogen and oxygen atoms in total. The summed E-state index contributed by atoms with van der Waals surface area (Å²) in [4.78, 5) is 16.4. The Hall–Kier alpha value is -2.02. The van der Waals surface area contributed by atoms with Crippen LogP contribution in [-0.2, 0) is 4.74 Å². The Bertz CT molecular complexity index is 875. The smallest absolute Gasteiger partial charge is 0.225 e. The molecule has 1 aliphatic rings. The lowest BCUT2D eigenvalue weighted by Crippen LogP contribution is -2.37. The predicted octanol–water partition coefficient (Wildman–Crippen LogP) is 3.75. The zero-order valence-electron chi connectivity index (χ0n) is 12.9. The van der Waals surface area contributed by atoms with Gasteiger partial charge in [0.25, 0.3) is 0 Å². The number of halogens is 1. The van der Waals surface area contributed by atoms with Crippen molar-refractivity contribution in [3.63, 3.8) is 0 Å². The largest absolute Gasteiger partial charge is 0.378 e. The van der Waals surface area contributed by atoms with E-state index in [1.165, 1.54) is 11.3 Å². The first kappa shape index (κ1) is 15.5. The monoisotopic (exact) mass is 358 g/mol. The van der Waals surface area contributed by atoms with Crippen LogP contribution in [0.15, 0.2) is 30.3 Å². The number of ether oxygens (including phenoxy) is 1. The van der Waals surface area contributed by atoms with Gasteiger partial charge in [-0.15, -0.1) is 0 Å². The second-order valence-electron chi connectivity index (χ2n) is 5.37. The zero-order valence-corrected chi connectivity index (χ0v) is 14.4. The highest BCUT2D eigenvalue weighted by molar-refractivity contribution is 7.19.